The molecule has 0 radical (unpaired) electrons. The highest BCUT2D eigenvalue weighted by atomic mass is 16.8. The minimum atomic E-state index is -1.44. The number of fused-ring (bicyclic) bond motifs is 2. The molecule has 134 valence electrons. The van der Waals surface area contributed by atoms with Gasteiger partial charge in [-0.15, -0.1) is 0 Å². The van der Waals surface area contributed by atoms with Crippen LogP contribution in [0.4, 0.5) is 0 Å². The Morgan fingerprint density at radius 3 is 2.31 bits per heavy atom. The Hall–Kier alpha value is -2.81. The second-order valence-electron chi connectivity index (χ2n) is 6.77. The van der Waals surface area contributed by atoms with Crippen LogP contribution in [0, 0.1) is 33.5 Å². The normalized spacial score (nSPS) is 36.0. The van der Waals surface area contributed by atoms with Gasteiger partial charge in [-0.25, -0.2) is 4.99 Å². The molecule has 8 heteroatoms. The zero-order chi connectivity index (χ0) is 18.8. The van der Waals surface area contributed by atoms with E-state index in [9.17, 15) is 10.5 Å². The van der Waals surface area contributed by atoms with Gasteiger partial charge >= 0.3 is 5.91 Å². The van der Waals surface area contributed by atoms with Crippen LogP contribution in [0.5, 0.6) is 11.5 Å². The molecule has 4 rings (SSSR count). The van der Waals surface area contributed by atoms with Crippen LogP contribution < -0.4 is 20.2 Å². The third kappa shape index (κ3) is 1.34. The number of hydrogen-bond donors (Lipinski definition) is 2. The summed E-state index contributed by atoms with van der Waals surface area (Å²) in [6.45, 7) is 2.46. The number of nitrogens with two attached hydrogens (primary N) is 1. The first-order chi connectivity index (χ1) is 12.4. The molecule has 1 saturated heterocycles. The smallest absolute Gasteiger partial charge is 0.343 e. The second kappa shape index (κ2) is 4.88. The van der Waals surface area contributed by atoms with Crippen molar-refractivity contribution in [3.8, 4) is 23.6 Å². The number of ether oxygens (including phenoxy) is 4. The third-order valence-corrected chi connectivity index (χ3v) is 6.19. The Morgan fingerprint density at radius 1 is 1.12 bits per heavy atom. The summed E-state index contributed by atoms with van der Waals surface area (Å²) in [6, 6.07) is 9.93. The van der Waals surface area contributed by atoms with E-state index < -0.39 is 22.2 Å². The summed E-state index contributed by atoms with van der Waals surface area (Å²) in [5, 5.41) is 20.3. The second-order valence-corrected chi connectivity index (χ2v) is 6.77. The lowest BCUT2D eigenvalue weighted by Gasteiger charge is -2.27. The molecule has 0 bridgehead atoms. The average Bonchev–Trinajstić information content (AvgIpc) is 2.94. The number of nitriles is 2. The van der Waals surface area contributed by atoms with Gasteiger partial charge in [0.1, 0.15) is 0 Å². The van der Waals surface area contributed by atoms with E-state index in [4.69, 9.17) is 24.7 Å². The van der Waals surface area contributed by atoms with Crippen LogP contribution in [0.25, 0.3) is 0 Å². The van der Waals surface area contributed by atoms with Crippen molar-refractivity contribution in [3.05, 3.63) is 23.8 Å². The zero-order valence-electron chi connectivity index (χ0n) is 14.8. The molecule has 1 saturated carbocycles. The first-order valence-corrected chi connectivity index (χ1v) is 8.18. The van der Waals surface area contributed by atoms with Crippen molar-refractivity contribution in [2.24, 2.45) is 16.6 Å². The number of benzene rings is 1. The van der Waals surface area contributed by atoms with Gasteiger partial charge in [0.2, 0.25) is 0 Å². The molecule has 2 aliphatic heterocycles. The van der Waals surface area contributed by atoms with Gasteiger partial charge in [0.25, 0.3) is 5.84 Å². The molecule has 3 aliphatic rings. The van der Waals surface area contributed by atoms with E-state index in [1.807, 2.05) is 13.0 Å². The number of methoxy groups -OCH3 is 2. The first-order valence-electron chi connectivity index (χ1n) is 8.18. The maximum Gasteiger partial charge on any atom is 0.343 e. The standard InChI is InChI=1S/C18H18N4O4/c1-15(11-4-5-12(23-2)13(8-11)24-3)16(9-19)14(21)22-18(17(15,16)10-20)25-6-7-26-18/h4-5,8H,6-7H2,1-3H3,(H2,21,22)/p+1/t15-,16+,17-/m1/s1. The predicted molar refractivity (Wildman–Crippen MR) is 87.8 cm³/mol. The zero-order valence-corrected chi connectivity index (χ0v) is 14.8. The lowest BCUT2D eigenvalue weighted by atomic mass is 9.84. The summed E-state index contributed by atoms with van der Waals surface area (Å²) >= 11 is 0. The van der Waals surface area contributed by atoms with E-state index in [1.165, 1.54) is 7.11 Å². The van der Waals surface area contributed by atoms with E-state index in [0.717, 1.165) is 5.56 Å². The summed E-state index contributed by atoms with van der Waals surface area (Å²) in [6.07, 6.45) is 0. The van der Waals surface area contributed by atoms with Crippen molar-refractivity contribution in [2.45, 2.75) is 18.2 Å². The van der Waals surface area contributed by atoms with Crippen LogP contribution in [0.2, 0.25) is 0 Å². The fourth-order valence-electron chi connectivity index (χ4n) is 4.94. The lowest BCUT2D eigenvalue weighted by molar-refractivity contribution is -0.677. The lowest BCUT2D eigenvalue weighted by Crippen LogP contribution is -2.90. The van der Waals surface area contributed by atoms with Gasteiger partial charge < -0.3 is 18.9 Å². The van der Waals surface area contributed by atoms with Gasteiger partial charge in [-0.3, -0.25) is 5.73 Å². The summed E-state index contributed by atoms with van der Waals surface area (Å²) in [5.74, 6) is -0.198. The van der Waals surface area contributed by atoms with E-state index in [0.29, 0.717) is 24.7 Å². The molecule has 3 atom stereocenters. The molecular weight excluding hydrogens is 336 g/mol. The summed E-state index contributed by atoms with van der Waals surface area (Å²) in [7, 11) is 3.08. The minimum Gasteiger partial charge on any atom is -0.493 e. The average molecular weight is 355 g/mol. The summed E-state index contributed by atoms with van der Waals surface area (Å²) < 4.78 is 22.3. The molecule has 2 fully saturated rings. The predicted octanol–water partition coefficient (Wildman–Crippen LogP) is -0.853. The Bertz CT molecular complexity index is 911. The molecular formula is C18H19N4O4+. The fraction of sp³-hybridized carbons (Fsp3) is 0.500. The SMILES string of the molecule is COc1ccc([C@]2(C)[C@]3(C#N)C(N)=[NH+]C4(OCCO4)[C@@]32C#N)cc1OC. The molecule has 0 unspecified atom stereocenters. The fourth-order valence-corrected chi connectivity index (χ4v) is 4.94. The van der Waals surface area contributed by atoms with Crippen LogP contribution in [0.15, 0.2) is 18.2 Å². The molecule has 0 aromatic heterocycles. The maximum atomic E-state index is 10.2. The van der Waals surface area contributed by atoms with Gasteiger partial charge in [0, 0.05) is 0 Å². The number of nitrogens with one attached hydrogen (secondary N) is 1. The molecule has 2 heterocycles. The molecule has 1 spiro atoms. The van der Waals surface area contributed by atoms with E-state index >= 15 is 0 Å². The van der Waals surface area contributed by atoms with E-state index in [-0.39, 0.29) is 5.84 Å². The topological polar surface area (TPSA) is 124 Å². The largest absolute Gasteiger partial charge is 0.493 e. The quantitative estimate of drug-likeness (QED) is 0.723. The Morgan fingerprint density at radius 2 is 1.77 bits per heavy atom. The van der Waals surface area contributed by atoms with Crippen molar-refractivity contribution in [1.29, 1.82) is 10.5 Å². The van der Waals surface area contributed by atoms with Crippen LogP contribution in [-0.2, 0) is 14.9 Å². The van der Waals surface area contributed by atoms with Crippen LogP contribution in [0.3, 0.4) is 0 Å². The molecule has 0 amide bonds. The number of hydrogen-bond acceptors (Lipinski definition) is 7. The Kier molecular flexibility index (Phi) is 3.12. The molecule has 3 N–H and O–H groups in total. The van der Waals surface area contributed by atoms with Gasteiger partial charge in [0.05, 0.1) is 45.0 Å². The van der Waals surface area contributed by atoms with Crippen molar-refractivity contribution in [1.82, 2.24) is 0 Å². The third-order valence-electron chi connectivity index (χ3n) is 6.19. The van der Waals surface area contributed by atoms with Gasteiger partial charge in [-0.2, -0.15) is 10.5 Å². The van der Waals surface area contributed by atoms with E-state index in [1.54, 1.807) is 19.2 Å². The van der Waals surface area contributed by atoms with Crippen molar-refractivity contribution < 1.29 is 23.9 Å². The van der Waals surface area contributed by atoms with Crippen LogP contribution in [0.1, 0.15) is 12.5 Å². The monoisotopic (exact) mass is 355 g/mol. The number of rotatable bonds is 3. The highest BCUT2D eigenvalue weighted by Crippen LogP contribution is 2.82. The maximum absolute atomic E-state index is 10.2. The van der Waals surface area contributed by atoms with Gasteiger partial charge in [0.15, 0.2) is 22.3 Å². The Labute approximate surface area is 150 Å². The summed E-state index contributed by atoms with van der Waals surface area (Å²) in [5.41, 5.74) is 3.38. The first kappa shape index (κ1) is 16.6. The van der Waals surface area contributed by atoms with Crippen molar-refractivity contribution >= 4 is 5.84 Å². The highest BCUT2D eigenvalue weighted by Gasteiger charge is 3.03. The van der Waals surface area contributed by atoms with E-state index in [2.05, 4.69) is 17.1 Å². The molecule has 8 nitrogen and oxygen atoms in total. The number of amidine groups is 1. The van der Waals surface area contributed by atoms with Crippen LogP contribution in [-0.4, -0.2) is 39.2 Å². The van der Waals surface area contributed by atoms with Gasteiger partial charge in [-0.1, -0.05) is 13.0 Å². The highest BCUT2D eigenvalue weighted by molar-refractivity contribution is 5.97. The van der Waals surface area contributed by atoms with Crippen molar-refractivity contribution in [3.63, 3.8) is 0 Å². The molecule has 1 aromatic rings. The molecule has 26 heavy (non-hydrogen) atoms. The molecule has 1 aromatic carbocycles. The Balaban J connectivity index is 1.97. The van der Waals surface area contributed by atoms with Crippen molar-refractivity contribution in [2.75, 3.05) is 27.4 Å². The number of nitrogens with zero attached hydrogens (tertiary/aromatic N) is 2. The van der Waals surface area contributed by atoms with Gasteiger partial charge in [-0.05, 0) is 17.7 Å². The molecule has 1 aliphatic carbocycles. The minimum absolute atomic E-state index is 0.181. The summed E-state index contributed by atoms with van der Waals surface area (Å²) in [4.78, 5) is 2.94. The van der Waals surface area contributed by atoms with Crippen LogP contribution >= 0.6 is 0 Å².